The highest BCUT2D eigenvalue weighted by Crippen LogP contribution is 2.40. The van der Waals surface area contributed by atoms with E-state index in [4.69, 9.17) is 16.3 Å². The molecule has 0 aromatic heterocycles. The highest BCUT2D eigenvalue weighted by Gasteiger charge is 2.26. The number of hydrogen-bond donors (Lipinski definition) is 1. The van der Waals surface area contributed by atoms with Crippen LogP contribution in [-0.2, 0) is 11.2 Å². The van der Waals surface area contributed by atoms with Gasteiger partial charge in [0.05, 0.1) is 6.54 Å². The Morgan fingerprint density at radius 2 is 2.05 bits per heavy atom. The molecule has 0 bridgehead atoms. The van der Waals surface area contributed by atoms with Gasteiger partial charge in [0.2, 0.25) is 5.91 Å². The lowest BCUT2D eigenvalue weighted by atomic mass is 9.98. The number of carbonyl (C=O) groups is 1. The molecule has 1 N–H and O–H groups in total. The molecule has 1 aliphatic rings. The van der Waals surface area contributed by atoms with Crippen molar-refractivity contribution in [3.8, 4) is 16.9 Å². The molecule has 1 amide bonds. The molecule has 22 heavy (non-hydrogen) atoms. The van der Waals surface area contributed by atoms with Gasteiger partial charge in [-0.3, -0.25) is 4.79 Å². The zero-order chi connectivity index (χ0) is 15.7. The average Bonchev–Trinajstić information content (AvgIpc) is 2.88. The van der Waals surface area contributed by atoms with E-state index in [0.29, 0.717) is 6.54 Å². The van der Waals surface area contributed by atoms with Gasteiger partial charge < -0.3 is 10.1 Å². The minimum Gasteiger partial charge on any atom is -0.487 e. The second kappa shape index (κ2) is 6.01. The summed E-state index contributed by atoms with van der Waals surface area (Å²) in [6, 6.07) is 12.1. The van der Waals surface area contributed by atoms with E-state index in [0.717, 1.165) is 28.3 Å². The van der Waals surface area contributed by atoms with Gasteiger partial charge in [-0.2, -0.15) is 0 Å². The van der Waals surface area contributed by atoms with Crippen molar-refractivity contribution in [3.05, 3.63) is 52.5 Å². The van der Waals surface area contributed by atoms with Crippen molar-refractivity contribution in [1.82, 2.24) is 5.32 Å². The quantitative estimate of drug-likeness (QED) is 0.936. The highest BCUT2D eigenvalue weighted by atomic mass is 35.5. The van der Waals surface area contributed by atoms with Gasteiger partial charge in [0, 0.05) is 23.9 Å². The van der Waals surface area contributed by atoms with Gasteiger partial charge in [-0.15, -0.1) is 0 Å². The van der Waals surface area contributed by atoms with Crippen LogP contribution in [0.1, 0.15) is 18.1 Å². The maximum atomic E-state index is 11.1. The smallest absolute Gasteiger partial charge is 0.217 e. The summed E-state index contributed by atoms with van der Waals surface area (Å²) in [5.74, 6) is 0.886. The molecule has 3 rings (SSSR count). The third kappa shape index (κ3) is 3.09. The largest absolute Gasteiger partial charge is 0.487 e. The molecule has 0 aliphatic carbocycles. The normalized spacial score (nSPS) is 16.0. The fourth-order valence-electron chi connectivity index (χ4n) is 2.81. The van der Waals surface area contributed by atoms with Crippen molar-refractivity contribution in [2.75, 3.05) is 6.54 Å². The lowest BCUT2D eigenvalue weighted by molar-refractivity contribution is -0.119. The van der Waals surface area contributed by atoms with Gasteiger partial charge >= 0.3 is 0 Å². The minimum absolute atomic E-state index is 0.00764. The molecule has 1 heterocycles. The molecule has 114 valence electrons. The molecule has 2 aromatic rings. The number of aryl methyl sites for hydroxylation is 1. The number of benzene rings is 2. The first-order chi connectivity index (χ1) is 10.5. The summed E-state index contributed by atoms with van der Waals surface area (Å²) in [5, 5.41) is 3.54. The van der Waals surface area contributed by atoms with Crippen molar-refractivity contribution in [3.63, 3.8) is 0 Å². The zero-order valence-corrected chi connectivity index (χ0v) is 13.4. The molecular formula is C18H18ClNO2. The Labute approximate surface area is 135 Å². The van der Waals surface area contributed by atoms with Gasteiger partial charge in [-0.05, 0) is 41.8 Å². The van der Waals surface area contributed by atoms with E-state index < -0.39 is 0 Å². The molecule has 0 radical (unpaired) electrons. The van der Waals surface area contributed by atoms with Crippen LogP contribution in [0.5, 0.6) is 5.75 Å². The zero-order valence-electron chi connectivity index (χ0n) is 12.7. The van der Waals surface area contributed by atoms with Crippen molar-refractivity contribution in [2.24, 2.45) is 0 Å². The third-order valence-corrected chi connectivity index (χ3v) is 4.03. The van der Waals surface area contributed by atoms with Crippen LogP contribution in [0, 0.1) is 6.92 Å². The van der Waals surface area contributed by atoms with Gasteiger partial charge in [0.25, 0.3) is 0 Å². The van der Waals surface area contributed by atoms with Crippen LogP contribution in [0.3, 0.4) is 0 Å². The van der Waals surface area contributed by atoms with Crippen molar-refractivity contribution < 1.29 is 9.53 Å². The number of fused-ring (bicyclic) bond motifs is 1. The Hall–Kier alpha value is -2.00. The SMILES string of the molecule is CC(=O)NCC1Cc2cc(C)cc(-c3ccc(Cl)cc3)c2O1. The van der Waals surface area contributed by atoms with E-state index in [9.17, 15) is 4.79 Å². The monoisotopic (exact) mass is 315 g/mol. The molecule has 3 nitrogen and oxygen atoms in total. The van der Waals surface area contributed by atoms with E-state index in [1.165, 1.54) is 18.1 Å². The number of nitrogens with one attached hydrogen (secondary N) is 1. The van der Waals surface area contributed by atoms with E-state index in [2.05, 4.69) is 24.4 Å². The standard InChI is InChI=1S/C18H18ClNO2/c1-11-7-14-9-16(10-20-12(2)21)22-18(14)17(8-11)13-3-5-15(19)6-4-13/h3-8,16H,9-10H2,1-2H3,(H,20,21). The fraction of sp³-hybridized carbons (Fsp3) is 0.278. The summed E-state index contributed by atoms with van der Waals surface area (Å²) in [6.45, 7) is 4.13. The Morgan fingerprint density at radius 3 is 2.73 bits per heavy atom. The molecule has 4 heteroatoms. The first kappa shape index (κ1) is 14.9. The summed E-state index contributed by atoms with van der Waals surface area (Å²) >= 11 is 5.97. The summed E-state index contributed by atoms with van der Waals surface area (Å²) < 4.78 is 6.08. The first-order valence-corrected chi connectivity index (χ1v) is 7.71. The van der Waals surface area contributed by atoms with Crippen LogP contribution in [0.2, 0.25) is 5.02 Å². The van der Waals surface area contributed by atoms with E-state index in [-0.39, 0.29) is 12.0 Å². The van der Waals surface area contributed by atoms with Gasteiger partial charge in [-0.25, -0.2) is 0 Å². The minimum atomic E-state index is -0.0336. The van der Waals surface area contributed by atoms with Crippen molar-refractivity contribution >= 4 is 17.5 Å². The molecular weight excluding hydrogens is 298 g/mol. The van der Waals surface area contributed by atoms with Crippen molar-refractivity contribution in [2.45, 2.75) is 26.4 Å². The topological polar surface area (TPSA) is 38.3 Å². The molecule has 0 fully saturated rings. The van der Waals surface area contributed by atoms with Crippen LogP contribution in [0.4, 0.5) is 0 Å². The molecule has 1 atom stereocenters. The maximum absolute atomic E-state index is 11.1. The number of ether oxygens (including phenoxy) is 1. The predicted octanol–water partition coefficient (Wildman–Crippen LogP) is 3.76. The summed E-state index contributed by atoms with van der Waals surface area (Å²) in [5.41, 5.74) is 4.56. The molecule has 2 aromatic carbocycles. The predicted molar refractivity (Wildman–Crippen MR) is 88.4 cm³/mol. The Bertz CT molecular complexity index is 710. The summed E-state index contributed by atoms with van der Waals surface area (Å²) in [6.07, 6.45) is 0.810. The lowest BCUT2D eigenvalue weighted by Gasteiger charge is -2.13. The number of amides is 1. The van der Waals surface area contributed by atoms with E-state index in [1.54, 1.807) is 0 Å². The summed E-state index contributed by atoms with van der Waals surface area (Å²) in [7, 11) is 0. The van der Waals surface area contributed by atoms with Gasteiger partial charge in [0.15, 0.2) is 0 Å². The Morgan fingerprint density at radius 1 is 1.32 bits per heavy atom. The Kier molecular flexibility index (Phi) is 4.08. The first-order valence-electron chi connectivity index (χ1n) is 7.33. The van der Waals surface area contributed by atoms with Gasteiger partial charge in [-0.1, -0.05) is 29.8 Å². The summed E-state index contributed by atoms with van der Waals surface area (Å²) in [4.78, 5) is 11.1. The van der Waals surface area contributed by atoms with Crippen LogP contribution in [0.25, 0.3) is 11.1 Å². The van der Waals surface area contributed by atoms with E-state index in [1.807, 2.05) is 24.3 Å². The fourth-order valence-corrected chi connectivity index (χ4v) is 2.93. The van der Waals surface area contributed by atoms with Crippen LogP contribution < -0.4 is 10.1 Å². The molecule has 0 spiro atoms. The van der Waals surface area contributed by atoms with E-state index >= 15 is 0 Å². The number of hydrogen-bond acceptors (Lipinski definition) is 2. The number of rotatable bonds is 3. The third-order valence-electron chi connectivity index (χ3n) is 3.78. The highest BCUT2D eigenvalue weighted by molar-refractivity contribution is 6.30. The van der Waals surface area contributed by atoms with Gasteiger partial charge in [0.1, 0.15) is 11.9 Å². The lowest BCUT2D eigenvalue weighted by Crippen LogP contribution is -2.32. The molecule has 0 saturated heterocycles. The Balaban J connectivity index is 1.92. The van der Waals surface area contributed by atoms with Crippen LogP contribution in [-0.4, -0.2) is 18.6 Å². The molecule has 1 aliphatic heterocycles. The van der Waals surface area contributed by atoms with Crippen LogP contribution in [0.15, 0.2) is 36.4 Å². The maximum Gasteiger partial charge on any atom is 0.217 e. The van der Waals surface area contributed by atoms with Crippen LogP contribution >= 0.6 is 11.6 Å². The number of carbonyl (C=O) groups excluding carboxylic acids is 1. The second-order valence-electron chi connectivity index (χ2n) is 5.69. The molecule has 1 unspecified atom stereocenters. The number of halogens is 1. The second-order valence-corrected chi connectivity index (χ2v) is 6.13. The average molecular weight is 316 g/mol. The molecule has 0 saturated carbocycles. The van der Waals surface area contributed by atoms with Crippen molar-refractivity contribution in [1.29, 1.82) is 0 Å².